The quantitative estimate of drug-likeness (QED) is 0.781. The molecule has 1 atom stereocenters. The van der Waals surface area contributed by atoms with E-state index < -0.39 is 0 Å². The van der Waals surface area contributed by atoms with Gasteiger partial charge in [0.25, 0.3) is 0 Å². The molecule has 17 heavy (non-hydrogen) atoms. The molecule has 0 aromatic carbocycles. The lowest BCUT2D eigenvalue weighted by Crippen LogP contribution is -2.42. The highest BCUT2D eigenvalue weighted by atomic mass is 15.2. The van der Waals surface area contributed by atoms with Gasteiger partial charge in [0.05, 0.1) is 6.20 Å². The molecule has 1 N–H and O–H groups in total. The number of aromatic nitrogens is 2. The van der Waals surface area contributed by atoms with E-state index in [1.165, 1.54) is 5.56 Å². The number of aryl methyl sites for hydroxylation is 1. The zero-order chi connectivity index (χ0) is 12.8. The van der Waals surface area contributed by atoms with E-state index in [0.29, 0.717) is 12.0 Å². The fourth-order valence-electron chi connectivity index (χ4n) is 2.04. The van der Waals surface area contributed by atoms with Crippen molar-refractivity contribution in [3.8, 4) is 0 Å². The van der Waals surface area contributed by atoms with Crippen LogP contribution in [0, 0.1) is 5.92 Å². The average molecular weight is 238 g/mol. The van der Waals surface area contributed by atoms with Gasteiger partial charge in [-0.25, -0.2) is 0 Å². The average Bonchev–Trinajstić information content (AvgIpc) is 2.63. The molecule has 1 unspecified atom stereocenters. The molecule has 0 bridgehead atoms. The van der Waals surface area contributed by atoms with Crippen molar-refractivity contribution in [1.29, 1.82) is 0 Å². The van der Waals surface area contributed by atoms with Gasteiger partial charge in [-0.1, -0.05) is 20.8 Å². The van der Waals surface area contributed by atoms with Crippen molar-refractivity contribution in [2.45, 2.75) is 33.4 Å². The van der Waals surface area contributed by atoms with Gasteiger partial charge in [0.1, 0.15) is 0 Å². The van der Waals surface area contributed by atoms with Crippen LogP contribution in [0.3, 0.4) is 0 Å². The summed E-state index contributed by atoms with van der Waals surface area (Å²) in [4.78, 5) is 2.35. The minimum Gasteiger partial charge on any atom is -0.313 e. The molecule has 0 fully saturated rings. The minimum absolute atomic E-state index is 0.557. The van der Waals surface area contributed by atoms with Gasteiger partial charge in [-0.05, 0) is 19.5 Å². The summed E-state index contributed by atoms with van der Waals surface area (Å²) in [5, 5.41) is 7.74. The van der Waals surface area contributed by atoms with Crippen LogP contribution in [0.25, 0.3) is 0 Å². The van der Waals surface area contributed by atoms with Crippen LogP contribution in [-0.4, -0.2) is 40.9 Å². The second kappa shape index (κ2) is 6.77. The molecular weight excluding hydrogens is 212 g/mol. The molecule has 0 saturated carbocycles. The Bertz CT molecular complexity index is 319. The summed E-state index contributed by atoms with van der Waals surface area (Å²) in [6.45, 7) is 9.76. The maximum Gasteiger partial charge on any atom is 0.0534 e. The molecule has 0 aliphatic rings. The molecule has 0 amide bonds. The van der Waals surface area contributed by atoms with Crippen molar-refractivity contribution < 1.29 is 0 Å². The molecule has 0 radical (unpaired) electrons. The van der Waals surface area contributed by atoms with Crippen molar-refractivity contribution in [2.24, 2.45) is 13.0 Å². The Balaban J connectivity index is 2.44. The molecule has 98 valence electrons. The van der Waals surface area contributed by atoms with Crippen molar-refractivity contribution >= 4 is 0 Å². The van der Waals surface area contributed by atoms with Gasteiger partial charge in [-0.3, -0.25) is 4.68 Å². The first-order valence-electron chi connectivity index (χ1n) is 6.42. The van der Waals surface area contributed by atoms with Gasteiger partial charge < -0.3 is 10.2 Å². The Morgan fingerprint density at radius 2 is 2.18 bits per heavy atom. The van der Waals surface area contributed by atoms with Crippen molar-refractivity contribution in [1.82, 2.24) is 20.0 Å². The molecule has 4 heteroatoms. The van der Waals surface area contributed by atoms with Crippen LogP contribution in [0.15, 0.2) is 12.4 Å². The third-order valence-corrected chi connectivity index (χ3v) is 2.99. The van der Waals surface area contributed by atoms with Gasteiger partial charge in [0, 0.05) is 37.9 Å². The van der Waals surface area contributed by atoms with Crippen LogP contribution < -0.4 is 5.32 Å². The zero-order valence-electron chi connectivity index (χ0n) is 11.8. The van der Waals surface area contributed by atoms with Crippen molar-refractivity contribution in [3.05, 3.63) is 18.0 Å². The topological polar surface area (TPSA) is 33.1 Å². The van der Waals surface area contributed by atoms with Gasteiger partial charge in [0.15, 0.2) is 0 Å². The van der Waals surface area contributed by atoms with Gasteiger partial charge >= 0.3 is 0 Å². The molecule has 4 nitrogen and oxygen atoms in total. The molecule has 0 spiro atoms. The number of nitrogens with one attached hydrogen (secondary N) is 1. The van der Waals surface area contributed by atoms with Crippen LogP contribution in [0.1, 0.15) is 26.3 Å². The van der Waals surface area contributed by atoms with Gasteiger partial charge in [-0.2, -0.15) is 5.10 Å². The molecule has 1 heterocycles. The van der Waals surface area contributed by atoms with E-state index in [1.54, 1.807) is 0 Å². The number of rotatable bonds is 7. The molecular formula is C13H26N4. The summed E-state index contributed by atoms with van der Waals surface area (Å²) in [6.07, 6.45) is 4.02. The van der Waals surface area contributed by atoms with Gasteiger partial charge in [0.2, 0.25) is 0 Å². The third-order valence-electron chi connectivity index (χ3n) is 2.99. The standard InChI is InChI=1S/C13H26N4/c1-6-14-13(11(2)3)10-16(4)8-12-7-15-17(5)9-12/h7,9,11,13-14H,6,8,10H2,1-5H3. The first-order chi connectivity index (χ1) is 8.02. The largest absolute Gasteiger partial charge is 0.313 e. The Hall–Kier alpha value is -0.870. The second-order valence-corrected chi connectivity index (χ2v) is 5.13. The van der Waals surface area contributed by atoms with Gasteiger partial charge in [-0.15, -0.1) is 0 Å². The Labute approximate surface area is 105 Å². The summed E-state index contributed by atoms with van der Waals surface area (Å²) in [7, 11) is 4.12. The first kappa shape index (κ1) is 14.2. The summed E-state index contributed by atoms with van der Waals surface area (Å²) >= 11 is 0. The summed E-state index contributed by atoms with van der Waals surface area (Å²) in [6, 6.07) is 0.557. The van der Waals surface area contributed by atoms with E-state index in [2.05, 4.69) is 49.3 Å². The second-order valence-electron chi connectivity index (χ2n) is 5.13. The van der Waals surface area contributed by atoms with Crippen LogP contribution in [0.5, 0.6) is 0 Å². The number of likely N-dealkylation sites (N-methyl/N-ethyl adjacent to an activating group) is 2. The summed E-state index contributed by atoms with van der Waals surface area (Å²) in [5.41, 5.74) is 1.27. The van der Waals surface area contributed by atoms with Crippen LogP contribution in [0.2, 0.25) is 0 Å². The minimum atomic E-state index is 0.557. The molecule has 0 aliphatic carbocycles. The highest BCUT2D eigenvalue weighted by molar-refractivity contribution is 5.03. The monoisotopic (exact) mass is 238 g/mol. The van der Waals surface area contributed by atoms with E-state index in [0.717, 1.165) is 19.6 Å². The fourth-order valence-corrected chi connectivity index (χ4v) is 2.04. The molecule has 1 rings (SSSR count). The Morgan fingerprint density at radius 3 is 2.65 bits per heavy atom. The number of nitrogens with zero attached hydrogens (tertiary/aromatic N) is 3. The number of hydrogen-bond acceptors (Lipinski definition) is 3. The van der Waals surface area contributed by atoms with E-state index in [-0.39, 0.29) is 0 Å². The van der Waals surface area contributed by atoms with Crippen LogP contribution in [-0.2, 0) is 13.6 Å². The smallest absolute Gasteiger partial charge is 0.0534 e. The maximum absolute atomic E-state index is 4.19. The highest BCUT2D eigenvalue weighted by Crippen LogP contribution is 2.06. The predicted molar refractivity (Wildman–Crippen MR) is 71.8 cm³/mol. The number of hydrogen-bond donors (Lipinski definition) is 1. The van der Waals surface area contributed by atoms with E-state index in [1.807, 2.05) is 17.9 Å². The lowest BCUT2D eigenvalue weighted by atomic mass is 10.0. The van der Waals surface area contributed by atoms with Crippen LogP contribution in [0.4, 0.5) is 0 Å². The summed E-state index contributed by atoms with van der Waals surface area (Å²) in [5.74, 6) is 0.659. The fraction of sp³-hybridized carbons (Fsp3) is 0.769. The van der Waals surface area contributed by atoms with Crippen molar-refractivity contribution in [3.63, 3.8) is 0 Å². The molecule has 0 aliphatic heterocycles. The SMILES string of the molecule is CCNC(CN(C)Cc1cnn(C)c1)C(C)C. The predicted octanol–water partition coefficient (Wildman–Crippen LogP) is 1.49. The van der Waals surface area contributed by atoms with E-state index in [9.17, 15) is 0 Å². The summed E-state index contributed by atoms with van der Waals surface area (Å²) < 4.78 is 1.85. The zero-order valence-corrected chi connectivity index (χ0v) is 11.8. The highest BCUT2D eigenvalue weighted by Gasteiger charge is 2.14. The lowest BCUT2D eigenvalue weighted by Gasteiger charge is -2.27. The van der Waals surface area contributed by atoms with Crippen molar-refractivity contribution in [2.75, 3.05) is 20.1 Å². The Morgan fingerprint density at radius 1 is 1.47 bits per heavy atom. The van der Waals surface area contributed by atoms with Crippen LogP contribution >= 0.6 is 0 Å². The molecule has 1 aromatic heterocycles. The Kier molecular flexibility index (Phi) is 5.65. The first-order valence-corrected chi connectivity index (χ1v) is 6.42. The third kappa shape index (κ3) is 4.88. The lowest BCUT2D eigenvalue weighted by molar-refractivity contribution is 0.250. The van der Waals surface area contributed by atoms with E-state index >= 15 is 0 Å². The molecule has 0 saturated heterocycles. The maximum atomic E-state index is 4.19. The molecule has 1 aromatic rings. The normalized spacial score (nSPS) is 13.6. The van der Waals surface area contributed by atoms with E-state index in [4.69, 9.17) is 0 Å².